The first kappa shape index (κ1) is 46.4. The smallest absolute Gasteiger partial charge is 0.190 e. The third-order valence-electron chi connectivity index (χ3n) is 12.9. The first-order chi connectivity index (χ1) is 31.7. The lowest BCUT2D eigenvalue weighted by atomic mass is 9.57. The van der Waals surface area contributed by atoms with Gasteiger partial charge in [-0.1, -0.05) is 182 Å². The molecule has 6 aromatic carbocycles. The molecule has 11 heteroatoms. The molecule has 0 bridgehead atoms. The number of ether oxygens (including phenoxy) is 5. The van der Waals surface area contributed by atoms with Gasteiger partial charge in [0.15, 0.2) is 12.6 Å². The molecule has 1 unspecified atom stereocenters. The molecule has 6 N–H and O–H groups in total. The van der Waals surface area contributed by atoms with Crippen LogP contribution in [-0.2, 0) is 62.6 Å². The minimum absolute atomic E-state index is 0.00181. The molecular formula is C54H58O11. The maximum absolute atomic E-state index is 13.6. The molecule has 2 heterocycles. The Hall–Kier alpha value is -5.12. The predicted molar refractivity (Wildman–Crippen MR) is 243 cm³/mol. The summed E-state index contributed by atoms with van der Waals surface area (Å²) in [4.78, 5) is 0. The molecule has 11 nitrogen and oxygen atoms in total. The van der Waals surface area contributed by atoms with Crippen LogP contribution in [0.5, 0.6) is 0 Å². The van der Waals surface area contributed by atoms with Crippen LogP contribution in [0.3, 0.4) is 0 Å². The van der Waals surface area contributed by atoms with Crippen molar-refractivity contribution in [3.63, 3.8) is 0 Å². The summed E-state index contributed by atoms with van der Waals surface area (Å²) in [5.74, 6) is 0. The summed E-state index contributed by atoms with van der Waals surface area (Å²) < 4.78 is 35.1. The molecular weight excluding hydrogens is 825 g/mol. The minimum Gasteiger partial charge on any atom is -0.394 e. The fourth-order valence-electron chi connectivity index (χ4n) is 9.59. The number of aliphatic hydroxyl groups is 6. The van der Waals surface area contributed by atoms with Gasteiger partial charge in [0, 0.05) is 25.7 Å². The topological polar surface area (TPSA) is 168 Å². The van der Waals surface area contributed by atoms with E-state index in [1.807, 2.05) is 182 Å². The number of hydrogen-bond donors (Lipinski definition) is 6. The summed E-state index contributed by atoms with van der Waals surface area (Å²) in [6.07, 6.45) is -13.3. The molecule has 0 saturated carbocycles. The van der Waals surface area contributed by atoms with E-state index in [4.69, 9.17) is 23.7 Å². The zero-order chi connectivity index (χ0) is 45.3. The van der Waals surface area contributed by atoms with Crippen molar-refractivity contribution < 1.29 is 54.3 Å². The molecule has 65 heavy (non-hydrogen) atoms. The van der Waals surface area contributed by atoms with Crippen LogP contribution in [0, 0.1) is 0 Å². The van der Waals surface area contributed by atoms with Crippen molar-refractivity contribution in [1.29, 1.82) is 0 Å². The van der Waals surface area contributed by atoms with Crippen LogP contribution in [0.4, 0.5) is 0 Å². The van der Waals surface area contributed by atoms with Crippen molar-refractivity contribution in [3.8, 4) is 0 Å². The summed E-state index contributed by atoms with van der Waals surface area (Å²) in [5, 5.41) is 70.6. The maximum Gasteiger partial charge on any atom is 0.190 e. The van der Waals surface area contributed by atoms with Gasteiger partial charge in [-0.3, -0.25) is 0 Å². The molecule has 0 amide bonds. The molecule has 340 valence electrons. The fraction of sp³-hybridized carbons (Fsp3) is 0.333. The average molecular weight is 883 g/mol. The highest BCUT2D eigenvalue weighted by molar-refractivity contribution is 5.36. The monoisotopic (exact) mass is 882 g/mol. The Balaban J connectivity index is 1.44. The molecule has 2 aliphatic rings. The van der Waals surface area contributed by atoms with Crippen molar-refractivity contribution in [2.45, 2.75) is 105 Å². The maximum atomic E-state index is 13.6. The Kier molecular flexibility index (Phi) is 15.0. The summed E-state index contributed by atoms with van der Waals surface area (Å²) in [6.45, 7) is -0.737. The third kappa shape index (κ3) is 9.88. The number of hydrogen-bond acceptors (Lipinski definition) is 11. The van der Waals surface area contributed by atoms with Gasteiger partial charge < -0.3 is 54.3 Å². The van der Waals surface area contributed by atoms with Crippen LogP contribution < -0.4 is 0 Å². The van der Waals surface area contributed by atoms with Gasteiger partial charge in [0.1, 0.15) is 47.3 Å². The van der Waals surface area contributed by atoms with Crippen LogP contribution in [0.25, 0.3) is 0 Å². The van der Waals surface area contributed by atoms with E-state index in [-0.39, 0.29) is 38.9 Å². The molecule has 0 spiro atoms. The van der Waals surface area contributed by atoms with Crippen LogP contribution in [0.2, 0.25) is 0 Å². The molecule has 11 atom stereocenters. The Bertz CT molecular complexity index is 2280. The summed E-state index contributed by atoms with van der Waals surface area (Å²) >= 11 is 0. The number of benzene rings is 6. The van der Waals surface area contributed by atoms with Gasteiger partial charge in [0.2, 0.25) is 0 Å². The van der Waals surface area contributed by atoms with E-state index >= 15 is 0 Å². The van der Waals surface area contributed by atoms with E-state index in [1.165, 1.54) is 0 Å². The van der Waals surface area contributed by atoms with E-state index in [9.17, 15) is 30.6 Å². The van der Waals surface area contributed by atoms with Crippen LogP contribution in [0.1, 0.15) is 33.4 Å². The molecule has 2 saturated heterocycles. The lowest BCUT2D eigenvalue weighted by Crippen LogP contribution is -2.85. The average Bonchev–Trinajstić information content (AvgIpc) is 3.35. The van der Waals surface area contributed by atoms with Crippen molar-refractivity contribution in [3.05, 3.63) is 215 Å². The first-order valence-corrected chi connectivity index (χ1v) is 22.2. The molecule has 0 aromatic heterocycles. The van der Waals surface area contributed by atoms with Gasteiger partial charge in [-0.15, -0.1) is 0 Å². The molecule has 0 aliphatic carbocycles. The minimum atomic E-state index is -1.90. The highest BCUT2D eigenvalue weighted by atomic mass is 16.8. The first-order valence-electron chi connectivity index (χ1n) is 22.2. The van der Waals surface area contributed by atoms with Gasteiger partial charge in [0.25, 0.3) is 0 Å². The van der Waals surface area contributed by atoms with Crippen molar-refractivity contribution in [2.24, 2.45) is 0 Å². The van der Waals surface area contributed by atoms with E-state index in [1.54, 1.807) is 0 Å². The van der Waals surface area contributed by atoms with Gasteiger partial charge in [-0.2, -0.15) is 0 Å². The van der Waals surface area contributed by atoms with E-state index < -0.39 is 72.6 Å². The van der Waals surface area contributed by atoms with E-state index in [0.29, 0.717) is 0 Å². The Morgan fingerprint density at radius 2 is 0.908 bits per heavy atom. The van der Waals surface area contributed by atoms with E-state index in [0.717, 1.165) is 33.4 Å². The van der Waals surface area contributed by atoms with Gasteiger partial charge in [0.05, 0.1) is 25.9 Å². The third-order valence-corrected chi connectivity index (χ3v) is 12.9. The van der Waals surface area contributed by atoms with Crippen LogP contribution in [-0.4, -0.2) is 103 Å². The Morgan fingerprint density at radius 3 is 1.40 bits per heavy atom. The van der Waals surface area contributed by atoms with Crippen molar-refractivity contribution in [2.75, 3.05) is 6.61 Å². The van der Waals surface area contributed by atoms with E-state index in [2.05, 4.69) is 0 Å². The van der Waals surface area contributed by atoms with Gasteiger partial charge >= 0.3 is 0 Å². The molecule has 2 fully saturated rings. The number of aliphatic hydroxyl groups excluding tert-OH is 6. The van der Waals surface area contributed by atoms with Crippen molar-refractivity contribution >= 4 is 0 Å². The standard InChI is InChI=1S/C54H58O11/c55-35-44-46(57)47(58)48(59)50(63-44)64-51-49(60)53(33-40-23-11-3-12-24-40,61-36-42-27-15-5-16-28-42)54(34-41-25-13-4-14-26-41,62-37-43-29-17-6-18-30-43)52(65-51,32-39-21-9-2-10-22-39)45(56)31-38-19-7-1-8-20-38/h1-30,44-51,55-60H,31-37H2/t44-,45?,46-,47+,48-,49+,50-,51+,52-,53-,54-/m1/s1. The Morgan fingerprint density at radius 1 is 0.477 bits per heavy atom. The molecule has 8 rings (SSSR count). The summed E-state index contributed by atoms with van der Waals surface area (Å²) in [6, 6.07) is 57.6. The lowest BCUT2D eigenvalue weighted by Gasteiger charge is -2.66. The van der Waals surface area contributed by atoms with Crippen molar-refractivity contribution in [1.82, 2.24) is 0 Å². The van der Waals surface area contributed by atoms with Gasteiger partial charge in [-0.25, -0.2) is 0 Å². The zero-order valence-corrected chi connectivity index (χ0v) is 36.1. The SMILES string of the molecule is OC[C@H]1O[C@H](O[C@H]2O[C@](Cc3ccccc3)(C(O)Cc3ccccc3)[C@@](Cc3ccccc3)(OCc3ccccc3)[C@](Cc3ccccc3)(OCc3ccccc3)[C@H]2O)[C@H](O)[C@@H](O)[C@@H]1O. The highest BCUT2D eigenvalue weighted by Gasteiger charge is 2.76. The second-order valence-electron chi connectivity index (χ2n) is 17.1. The second-order valence-corrected chi connectivity index (χ2v) is 17.1. The molecule has 0 radical (unpaired) electrons. The quantitative estimate of drug-likeness (QED) is 0.0646. The van der Waals surface area contributed by atoms with Gasteiger partial charge in [-0.05, 0) is 33.4 Å². The Labute approximate surface area is 380 Å². The predicted octanol–water partition coefficient (Wildman–Crippen LogP) is 5.50. The largest absolute Gasteiger partial charge is 0.394 e. The number of rotatable bonds is 18. The lowest BCUT2D eigenvalue weighted by molar-refractivity contribution is -0.448. The van der Waals surface area contributed by atoms with Crippen LogP contribution >= 0.6 is 0 Å². The molecule has 6 aromatic rings. The summed E-state index contributed by atoms with van der Waals surface area (Å²) in [7, 11) is 0. The fourth-order valence-corrected chi connectivity index (χ4v) is 9.59. The normalized spacial score (nSPS) is 29.5. The van der Waals surface area contributed by atoms with Crippen LogP contribution in [0.15, 0.2) is 182 Å². The highest BCUT2D eigenvalue weighted by Crippen LogP contribution is 2.56. The zero-order valence-electron chi connectivity index (χ0n) is 36.1. The second kappa shape index (κ2) is 21.0. The molecule has 2 aliphatic heterocycles. The summed E-state index contributed by atoms with van der Waals surface area (Å²) in [5.41, 5.74) is -0.909.